The average Bonchev–Trinajstić information content (AvgIpc) is 2.83. The highest BCUT2D eigenvalue weighted by Crippen LogP contribution is 2.19. The second-order valence-electron chi connectivity index (χ2n) is 8.24. The van der Waals surface area contributed by atoms with Crippen molar-refractivity contribution < 1.29 is 9.59 Å². The molecule has 1 aromatic heterocycles. The molecule has 0 atom stereocenters. The van der Waals surface area contributed by atoms with E-state index >= 15 is 0 Å². The number of rotatable bonds is 8. The number of piperidine rings is 1. The molecule has 1 saturated heterocycles. The lowest BCUT2D eigenvalue weighted by molar-refractivity contribution is -0.113. The van der Waals surface area contributed by atoms with E-state index in [2.05, 4.69) is 10.2 Å². The topological polar surface area (TPSA) is 84.3 Å². The Morgan fingerprint density at radius 3 is 2.45 bits per heavy atom. The van der Waals surface area contributed by atoms with Crippen molar-refractivity contribution in [2.24, 2.45) is 0 Å². The van der Waals surface area contributed by atoms with Gasteiger partial charge in [0.25, 0.3) is 5.56 Å². The fourth-order valence-corrected chi connectivity index (χ4v) is 4.82. The molecule has 33 heavy (non-hydrogen) atoms. The largest absolute Gasteiger partial charge is 0.325 e. The maximum Gasteiger partial charge on any atom is 0.262 e. The van der Waals surface area contributed by atoms with Crippen LogP contribution in [0.3, 0.4) is 0 Å². The van der Waals surface area contributed by atoms with Crippen molar-refractivity contribution in [1.29, 1.82) is 0 Å². The first-order valence-corrected chi connectivity index (χ1v) is 12.3. The minimum atomic E-state index is -0.194. The molecule has 1 aliphatic rings. The molecule has 0 radical (unpaired) electrons. The molecule has 0 saturated carbocycles. The highest BCUT2D eigenvalue weighted by atomic mass is 32.2. The Bertz CT molecular complexity index is 1200. The van der Waals surface area contributed by atoms with Gasteiger partial charge in [0.2, 0.25) is 5.91 Å². The predicted molar refractivity (Wildman–Crippen MR) is 132 cm³/mol. The number of benzene rings is 2. The number of carbonyl (C=O) groups is 2. The van der Waals surface area contributed by atoms with E-state index in [0.29, 0.717) is 33.9 Å². The zero-order valence-corrected chi connectivity index (χ0v) is 19.6. The molecule has 0 unspecified atom stereocenters. The van der Waals surface area contributed by atoms with E-state index in [1.165, 1.54) is 37.9 Å². The molecule has 1 amide bonds. The van der Waals surface area contributed by atoms with Gasteiger partial charge < -0.3 is 10.2 Å². The fraction of sp³-hybridized carbons (Fsp3) is 0.360. The van der Waals surface area contributed by atoms with E-state index in [1.54, 1.807) is 34.9 Å². The maximum atomic E-state index is 13.2. The molecule has 1 fully saturated rings. The van der Waals surface area contributed by atoms with E-state index in [-0.39, 0.29) is 23.0 Å². The number of Topliss-reactive ketones (excluding diaryl/α,β-unsaturated/α-hetero) is 1. The number of anilines is 1. The molecule has 172 valence electrons. The van der Waals surface area contributed by atoms with Crippen LogP contribution in [0.25, 0.3) is 10.9 Å². The monoisotopic (exact) mass is 464 g/mol. The quantitative estimate of drug-likeness (QED) is 0.310. The Hall–Kier alpha value is -2.97. The van der Waals surface area contributed by atoms with E-state index in [9.17, 15) is 14.4 Å². The minimum Gasteiger partial charge on any atom is -0.325 e. The van der Waals surface area contributed by atoms with Crippen molar-refractivity contribution in [1.82, 2.24) is 14.5 Å². The Balaban J connectivity index is 1.48. The summed E-state index contributed by atoms with van der Waals surface area (Å²) in [4.78, 5) is 44.3. The van der Waals surface area contributed by atoms with Gasteiger partial charge in [-0.3, -0.25) is 19.0 Å². The lowest BCUT2D eigenvalue weighted by Crippen LogP contribution is -2.35. The highest BCUT2D eigenvalue weighted by molar-refractivity contribution is 7.99. The lowest BCUT2D eigenvalue weighted by atomic mass is 10.1. The summed E-state index contributed by atoms with van der Waals surface area (Å²) in [6.07, 6.45) is 3.65. The number of likely N-dealkylation sites (tertiary alicyclic amines) is 1. The molecule has 0 aliphatic carbocycles. The van der Waals surface area contributed by atoms with Gasteiger partial charge in [-0.1, -0.05) is 30.3 Å². The number of nitrogens with one attached hydrogen (secondary N) is 1. The second-order valence-corrected chi connectivity index (χ2v) is 9.18. The molecule has 2 heterocycles. The van der Waals surface area contributed by atoms with E-state index < -0.39 is 0 Å². The van der Waals surface area contributed by atoms with Gasteiger partial charge >= 0.3 is 0 Å². The third-order valence-corrected chi connectivity index (χ3v) is 6.80. The molecule has 2 aromatic carbocycles. The number of fused-ring (bicyclic) bond motifs is 1. The smallest absolute Gasteiger partial charge is 0.262 e. The van der Waals surface area contributed by atoms with Gasteiger partial charge in [0, 0.05) is 24.3 Å². The molecule has 0 bridgehead atoms. The number of hydrogen-bond acceptors (Lipinski definition) is 6. The van der Waals surface area contributed by atoms with Gasteiger partial charge in [-0.15, -0.1) is 0 Å². The number of ketones is 1. The van der Waals surface area contributed by atoms with Crippen LogP contribution >= 0.6 is 11.8 Å². The summed E-state index contributed by atoms with van der Waals surface area (Å²) in [7, 11) is 0. The molecule has 0 spiro atoms. The van der Waals surface area contributed by atoms with Crippen LogP contribution in [0.4, 0.5) is 5.69 Å². The second kappa shape index (κ2) is 10.8. The zero-order chi connectivity index (χ0) is 23.2. The summed E-state index contributed by atoms with van der Waals surface area (Å²) in [6.45, 7) is 4.97. The van der Waals surface area contributed by atoms with Crippen LogP contribution in [0.5, 0.6) is 0 Å². The van der Waals surface area contributed by atoms with Gasteiger partial charge in [-0.25, -0.2) is 4.98 Å². The number of carbonyl (C=O) groups excluding carboxylic acids is 2. The number of nitrogens with zero attached hydrogens (tertiary/aromatic N) is 3. The van der Waals surface area contributed by atoms with Crippen LogP contribution in [-0.2, 0) is 11.3 Å². The number of aromatic nitrogens is 2. The summed E-state index contributed by atoms with van der Waals surface area (Å²) in [6, 6.07) is 14.1. The van der Waals surface area contributed by atoms with Crippen molar-refractivity contribution in [3.05, 3.63) is 64.4 Å². The summed E-state index contributed by atoms with van der Waals surface area (Å²) in [5, 5.41) is 3.99. The van der Waals surface area contributed by atoms with Crippen molar-refractivity contribution in [2.45, 2.75) is 37.9 Å². The van der Waals surface area contributed by atoms with Gasteiger partial charge in [-0.05, 0) is 69.3 Å². The molecule has 4 rings (SSSR count). The first kappa shape index (κ1) is 23.2. The number of thioether (sulfide) groups is 1. The van der Waals surface area contributed by atoms with Crippen LogP contribution in [0.15, 0.2) is 58.5 Å². The Morgan fingerprint density at radius 1 is 1.00 bits per heavy atom. The first-order valence-electron chi connectivity index (χ1n) is 11.3. The number of hydrogen-bond donors (Lipinski definition) is 1. The standard InChI is InChI=1S/C25H28N4O3S/c1-18(30)19-9-11-20(12-10-19)26-23(31)17-33-25-27-22-8-4-3-7-21(22)24(32)29(25)16-15-28-13-5-2-6-14-28/h3-4,7-12H,2,5-6,13-17H2,1H3,(H,26,31). The summed E-state index contributed by atoms with van der Waals surface area (Å²) in [5.74, 6) is -0.0861. The summed E-state index contributed by atoms with van der Waals surface area (Å²) < 4.78 is 1.70. The Labute approximate surface area is 197 Å². The molecular weight excluding hydrogens is 436 g/mol. The lowest BCUT2D eigenvalue weighted by Gasteiger charge is -2.26. The maximum absolute atomic E-state index is 13.2. The molecule has 3 aromatic rings. The minimum absolute atomic E-state index is 0.0201. The third-order valence-electron chi connectivity index (χ3n) is 5.82. The summed E-state index contributed by atoms with van der Waals surface area (Å²) >= 11 is 1.27. The van der Waals surface area contributed by atoms with Crippen LogP contribution in [0, 0.1) is 0 Å². The molecule has 1 aliphatic heterocycles. The Kier molecular flexibility index (Phi) is 7.57. The van der Waals surface area contributed by atoms with Gasteiger partial charge in [0.05, 0.1) is 16.7 Å². The molecule has 8 heteroatoms. The van der Waals surface area contributed by atoms with Gasteiger partial charge in [0.1, 0.15) is 0 Å². The van der Waals surface area contributed by atoms with Crippen LogP contribution in [0.1, 0.15) is 36.5 Å². The third kappa shape index (κ3) is 5.89. The van der Waals surface area contributed by atoms with Crippen molar-refractivity contribution >= 4 is 40.0 Å². The molecule has 7 nitrogen and oxygen atoms in total. The van der Waals surface area contributed by atoms with Crippen LogP contribution < -0.4 is 10.9 Å². The van der Waals surface area contributed by atoms with E-state index in [4.69, 9.17) is 4.98 Å². The van der Waals surface area contributed by atoms with Crippen molar-refractivity contribution in [3.8, 4) is 0 Å². The van der Waals surface area contributed by atoms with E-state index in [0.717, 1.165) is 19.6 Å². The van der Waals surface area contributed by atoms with Crippen molar-refractivity contribution in [3.63, 3.8) is 0 Å². The predicted octanol–water partition coefficient (Wildman–Crippen LogP) is 3.82. The first-order chi connectivity index (χ1) is 16.0. The van der Waals surface area contributed by atoms with Crippen LogP contribution in [0.2, 0.25) is 0 Å². The van der Waals surface area contributed by atoms with Crippen molar-refractivity contribution in [2.75, 3.05) is 30.7 Å². The SMILES string of the molecule is CC(=O)c1ccc(NC(=O)CSc2nc3ccccc3c(=O)n2CCN2CCCCC2)cc1. The van der Waals surface area contributed by atoms with Gasteiger partial charge in [0.15, 0.2) is 10.9 Å². The number of para-hydroxylation sites is 1. The number of amides is 1. The fourth-order valence-electron chi connectivity index (χ4n) is 3.99. The normalized spacial score (nSPS) is 14.3. The van der Waals surface area contributed by atoms with E-state index in [1.807, 2.05) is 18.2 Å². The summed E-state index contributed by atoms with van der Waals surface area (Å²) in [5.41, 5.74) is 1.79. The van der Waals surface area contributed by atoms with Gasteiger partial charge in [-0.2, -0.15) is 0 Å². The average molecular weight is 465 g/mol. The molecule has 1 N–H and O–H groups in total. The van der Waals surface area contributed by atoms with Crippen LogP contribution in [-0.4, -0.2) is 51.5 Å². The Morgan fingerprint density at radius 2 is 1.73 bits per heavy atom. The highest BCUT2D eigenvalue weighted by Gasteiger charge is 2.16. The molecular formula is C25H28N4O3S. The zero-order valence-electron chi connectivity index (χ0n) is 18.8.